The first-order valence-corrected chi connectivity index (χ1v) is 13.7. The lowest BCUT2D eigenvalue weighted by Gasteiger charge is -2.63. The minimum Gasteiger partial charge on any atom is -0.356 e. The topological polar surface area (TPSA) is 29.1 Å². The van der Waals surface area contributed by atoms with E-state index in [1.807, 2.05) is 0 Å². The van der Waals surface area contributed by atoms with Gasteiger partial charge in [-0.15, -0.1) is 0 Å². The van der Waals surface area contributed by atoms with E-state index in [1.165, 1.54) is 77.0 Å². The van der Waals surface area contributed by atoms with Crippen molar-refractivity contribution in [2.24, 2.45) is 52.3 Å². The Labute approximate surface area is 185 Å². The molecule has 2 heteroatoms. The molecule has 0 aliphatic heterocycles. The van der Waals surface area contributed by atoms with E-state index in [-0.39, 0.29) is 0 Å². The van der Waals surface area contributed by atoms with Gasteiger partial charge >= 0.3 is 0 Å². The van der Waals surface area contributed by atoms with Crippen molar-refractivity contribution in [3.05, 3.63) is 0 Å². The summed E-state index contributed by atoms with van der Waals surface area (Å²) in [4.78, 5) is 12.7. The zero-order valence-electron chi connectivity index (χ0n) is 20.1. The average Bonchev–Trinajstić information content (AvgIpc) is 3.25. The van der Waals surface area contributed by atoms with Gasteiger partial charge in [-0.05, 0) is 111 Å². The second-order valence-corrected chi connectivity index (χ2v) is 13.0. The van der Waals surface area contributed by atoms with Crippen molar-refractivity contribution in [1.82, 2.24) is 5.32 Å². The molecule has 2 unspecified atom stereocenters. The van der Waals surface area contributed by atoms with Gasteiger partial charge in [0.2, 0.25) is 5.91 Å². The van der Waals surface area contributed by atoms with Gasteiger partial charge in [-0.25, -0.2) is 0 Å². The molecule has 1 N–H and O–H groups in total. The molecule has 0 aromatic rings. The van der Waals surface area contributed by atoms with Crippen LogP contribution in [-0.4, -0.2) is 12.5 Å². The number of nitrogens with one attached hydrogen (secondary N) is 1. The fourth-order valence-electron chi connectivity index (χ4n) is 9.81. The Bertz CT molecular complexity index is 639. The lowest BCUT2D eigenvalue weighted by atomic mass is 9.42. The summed E-state index contributed by atoms with van der Waals surface area (Å²) in [6.45, 7) is 8.74. The molecule has 5 aliphatic carbocycles. The Hall–Kier alpha value is -0.530. The Morgan fingerprint density at radius 3 is 2.37 bits per heavy atom. The van der Waals surface area contributed by atoms with Crippen LogP contribution < -0.4 is 5.32 Å². The van der Waals surface area contributed by atoms with E-state index in [4.69, 9.17) is 0 Å². The molecule has 1 amide bonds. The van der Waals surface area contributed by atoms with E-state index in [2.05, 4.69) is 26.1 Å². The van der Waals surface area contributed by atoms with Gasteiger partial charge < -0.3 is 5.32 Å². The van der Waals surface area contributed by atoms with Crippen LogP contribution in [0.1, 0.15) is 111 Å². The third-order valence-electron chi connectivity index (χ3n) is 11.4. The number of carbonyl (C=O) groups is 1. The quantitative estimate of drug-likeness (QED) is 0.531. The summed E-state index contributed by atoms with van der Waals surface area (Å²) < 4.78 is 0. The summed E-state index contributed by atoms with van der Waals surface area (Å²) in [6.07, 6.45) is 19.3. The van der Waals surface area contributed by atoms with Crippen molar-refractivity contribution in [2.45, 2.75) is 111 Å². The van der Waals surface area contributed by atoms with E-state index in [9.17, 15) is 4.79 Å². The predicted molar refractivity (Wildman–Crippen MR) is 124 cm³/mol. The van der Waals surface area contributed by atoms with Gasteiger partial charge in [0.25, 0.3) is 0 Å². The lowest BCUT2D eigenvalue weighted by molar-refractivity contribution is -0.136. The van der Waals surface area contributed by atoms with Gasteiger partial charge in [0.1, 0.15) is 0 Å². The maximum absolute atomic E-state index is 12.7. The van der Waals surface area contributed by atoms with Gasteiger partial charge in [-0.2, -0.15) is 0 Å². The van der Waals surface area contributed by atoms with Crippen molar-refractivity contribution >= 4 is 5.91 Å². The average molecular weight is 414 g/mol. The Morgan fingerprint density at radius 2 is 1.57 bits per heavy atom. The smallest absolute Gasteiger partial charge is 0.223 e. The first kappa shape index (κ1) is 21.3. The van der Waals surface area contributed by atoms with Gasteiger partial charge in [-0.3, -0.25) is 4.79 Å². The molecule has 5 saturated carbocycles. The molecule has 0 bridgehead atoms. The second kappa shape index (κ2) is 8.11. The SMILES string of the molecule is C[C@H]1CC[C@@H]2C3CC[C@@]4(C)C(CCC[C@@H]4CNC(=O)C4CCCC4)[C@@H]3CC[C@]2(C)C1. The number of rotatable bonds is 3. The number of fused-ring (bicyclic) bond motifs is 5. The number of amides is 1. The van der Waals surface area contributed by atoms with Crippen molar-refractivity contribution < 1.29 is 4.79 Å². The van der Waals surface area contributed by atoms with Gasteiger partial charge in [0.05, 0.1) is 0 Å². The zero-order valence-corrected chi connectivity index (χ0v) is 20.1. The standard InChI is InChI=1S/C28H47NO/c1-19-11-12-24-22-14-16-28(3)21(18-29-26(30)20-7-4-5-8-20)9-6-10-25(28)23(22)13-15-27(24,2)17-19/h19-25H,4-18H2,1-3H3,(H,29,30)/t19-,21+,22?,23+,24+,25?,27+,28+/m0/s1. The van der Waals surface area contributed by atoms with Gasteiger partial charge in [0.15, 0.2) is 0 Å². The minimum absolute atomic E-state index is 0.317. The molecule has 0 spiro atoms. The van der Waals surface area contributed by atoms with E-state index < -0.39 is 0 Å². The van der Waals surface area contributed by atoms with Crippen molar-refractivity contribution in [1.29, 1.82) is 0 Å². The third-order valence-corrected chi connectivity index (χ3v) is 11.4. The molecule has 8 atom stereocenters. The van der Waals surface area contributed by atoms with E-state index in [0.717, 1.165) is 49.0 Å². The monoisotopic (exact) mass is 413 g/mol. The zero-order chi connectivity index (χ0) is 20.9. The number of carbonyl (C=O) groups excluding carboxylic acids is 1. The summed E-state index contributed by atoms with van der Waals surface area (Å²) in [6, 6.07) is 0. The molecule has 0 aromatic carbocycles. The molecule has 5 fully saturated rings. The maximum atomic E-state index is 12.7. The second-order valence-electron chi connectivity index (χ2n) is 13.0. The summed E-state index contributed by atoms with van der Waals surface area (Å²) in [5.41, 5.74) is 1.11. The molecule has 2 nitrogen and oxygen atoms in total. The molecule has 0 saturated heterocycles. The van der Waals surface area contributed by atoms with Crippen molar-refractivity contribution in [3.63, 3.8) is 0 Å². The Kier molecular flexibility index (Phi) is 5.76. The van der Waals surface area contributed by atoms with Gasteiger partial charge in [0, 0.05) is 12.5 Å². The highest BCUT2D eigenvalue weighted by Crippen LogP contribution is 2.65. The molecule has 0 heterocycles. The third kappa shape index (κ3) is 3.57. The Balaban J connectivity index is 1.28. The normalized spacial score (nSPS) is 49.0. The highest BCUT2D eigenvalue weighted by atomic mass is 16.1. The number of hydrogen-bond donors (Lipinski definition) is 1. The van der Waals surface area contributed by atoms with Crippen LogP contribution in [0.25, 0.3) is 0 Å². The molecule has 0 aromatic heterocycles. The summed E-state index contributed by atoms with van der Waals surface area (Å²) in [7, 11) is 0. The summed E-state index contributed by atoms with van der Waals surface area (Å²) >= 11 is 0. The van der Waals surface area contributed by atoms with Crippen molar-refractivity contribution in [3.8, 4) is 0 Å². The van der Waals surface area contributed by atoms with Gasteiger partial charge in [-0.1, -0.05) is 46.5 Å². The largest absolute Gasteiger partial charge is 0.356 e. The fourth-order valence-corrected chi connectivity index (χ4v) is 9.81. The van der Waals surface area contributed by atoms with Crippen LogP contribution in [0.5, 0.6) is 0 Å². The lowest BCUT2D eigenvalue weighted by Crippen LogP contribution is -2.56. The summed E-state index contributed by atoms with van der Waals surface area (Å²) in [5.74, 6) is 6.24. The first-order valence-electron chi connectivity index (χ1n) is 13.7. The highest BCUT2D eigenvalue weighted by Gasteiger charge is 2.57. The van der Waals surface area contributed by atoms with Crippen molar-refractivity contribution in [2.75, 3.05) is 6.54 Å². The van der Waals surface area contributed by atoms with Crippen LogP contribution in [0.3, 0.4) is 0 Å². The molecule has 0 radical (unpaired) electrons. The van der Waals surface area contributed by atoms with Crippen LogP contribution in [0.15, 0.2) is 0 Å². The van der Waals surface area contributed by atoms with E-state index >= 15 is 0 Å². The van der Waals surface area contributed by atoms with Crippen LogP contribution in [0.4, 0.5) is 0 Å². The number of hydrogen-bond acceptors (Lipinski definition) is 1. The highest BCUT2D eigenvalue weighted by molar-refractivity contribution is 5.78. The molecular weight excluding hydrogens is 366 g/mol. The molecular formula is C28H47NO. The molecule has 5 rings (SSSR count). The fraction of sp³-hybridized carbons (Fsp3) is 0.964. The first-order chi connectivity index (χ1) is 14.4. The van der Waals surface area contributed by atoms with Crippen LogP contribution in [-0.2, 0) is 4.79 Å². The predicted octanol–water partition coefficient (Wildman–Crippen LogP) is 6.98. The molecule has 5 aliphatic rings. The summed E-state index contributed by atoms with van der Waals surface area (Å²) in [5, 5.41) is 3.44. The van der Waals surface area contributed by atoms with E-state index in [0.29, 0.717) is 28.6 Å². The molecule has 30 heavy (non-hydrogen) atoms. The maximum Gasteiger partial charge on any atom is 0.223 e. The van der Waals surface area contributed by atoms with Crippen LogP contribution >= 0.6 is 0 Å². The van der Waals surface area contributed by atoms with Crippen LogP contribution in [0, 0.1) is 52.3 Å². The van der Waals surface area contributed by atoms with Crippen LogP contribution in [0.2, 0.25) is 0 Å². The Morgan fingerprint density at radius 1 is 0.833 bits per heavy atom. The minimum atomic E-state index is 0.317. The van der Waals surface area contributed by atoms with E-state index in [1.54, 1.807) is 0 Å². The molecule has 170 valence electrons.